The van der Waals surface area contributed by atoms with E-state index in [1.54, 1.807) is 0 Å². The van der Waals surface area contributed by atoms with Crippen molar-refractivity contribution >= 4 is 28.9 Å². The highest BCUT2D eigenvalue weighted by atomic mass is 35.5. The van der Waals surface area contributed by atoms with Crippen molar-refractivity contribution in [2.45, 2.75) is 13.0 Å². The summed E-state index contributed by atoms with van der Waals surface area (Å²) in [6, 6.07) is 13.8. The summed E-state index contributed by atoms with van der Waals surface area (Å²) in [5, 5.41) is 1.50. The molecule has 106 valence electrons. The molecule has 2 nitrogen and oxygen atoms in total. The third kappa shape index (κ3) is 3.66. The van der Waals surface area contributed by atoms with E-state index in [-0.39, 0.29) is 0 Å². The number of hydrogen-bond donors (Lipinski definition) is 1. The number of anilines is 1. The van der Waals surface area contributed by atoms with E-state index < -0.39 is 0 Å². The average Bonchev–Trinajstić information content (AvgIpc) is 2.39. The molecule has 0 saturated heterocycles. The molecule has 2 rings (SSSR count). The summed E-state index contributed by atoms with van der Waals surface area (Å²) in [5.41, 5.74) is 9.04. The first-order chi connectivity index (χ1) is 9.61. The molecule has 2 aromatic rings. The van der Waals surface area contributed by atoms with Crippen LogP contribution in [0, 0.1) is 0 Å². The fourth-order valence-electron chi connectivity index (χ4n) is 2.33. The lowest BCUT2D eigenvalue weighted by atomic mass is 10.1. The number of para-hydroxylation sites is 1. The maximum atomic E-state index is 6.35. The van der Waals surface area contributed by atoms with Crippen LogP contribution in [-0.2, 0) is 13.0 Å². The normalized spacial score (nSPS) is 10.6. The van der Waals surface area contributed by atoms with Crippen molar-refractivity contribution in [3.8, 4) is 0 Å². The van der Waals surface area contributed by atoms with Gasteiger partial charge in [0.25, 0.3) is 0 Å². The summed E-state index contributed by atoms with van der Waals surface area (Å²) in [5.74, 6) is 0. The molecule has 20 heavy (non-hydrogen) atoms. The summed E-state index contributed by atoms with van der Waals surface area (Å²) in [7, 11) is 2.03. The number of benzene rings is 2. The Balaban J connectivity index is 2.26. The Labute approximate surface area is 130 Å². The van der Waals surface area contributed by atoms with Gasteiger partial charge in [0.2, 0.25) is 0 Å². The summed E-state index contributed by atoms with van der Waals surface area (Å²) in [4.78, 5) is 2.14. The largest absolute Gasteiger partial charge is 0.369 e. The maximum absolute atomic E-state index is 6.35. The molecule has 0 aliphatic heterocycles. The zero-order chi connectivity index (χ0) is 14.5. The minimum atomic E-state index is 0.609. The third-order valence-corrected chi connectivity index (χ3v) is 3.71. The molecule has 2 aromatic carbocycles. The number of hydrogen-bond acceptors (Lipinski definition) is 2. The Morgan fingerprint density at radius 3 is 2.55 bits per heavy atom. The van der Waals surface area contributed by atoms with E-state index in [1.807, 2.05) is 37.4 Å². The minimum Gasteiger partial charge on any atom is -0.369 e. The SMILES string of the molecule is CN(Cc1cccc(Cl)c1)c1c(Cl)cccc1CCN. The van der Waals surface area contributed by atoms with Crippen molar-refractivity contribution in [2.24, 2.45) is 5.73 Å². The van der Waals surface area contributed by atoms with E-state index in [0.29, 0.717) is 6.54 Å². The van der Waals surface area contributed by atoms with Crippen LogP contribution in [0.4, 0.5) is 5.69 Å². The second kappa shape index (κ2) is 6.98. The number of nitrogens with zero attached hydrogens (tertiary/aromatic N) is 1. The summed E-state index contributed by atoms with van der Waals surface area (Å²) < 4.78 is 0. The summed E-state index contributed by atoms with van der Waals surface area (Å²) in [6.07, 6.45) is 0.815. The molecule has 0 fully saturated rings. The van der Waals surface area contributed by atoms with Gasteiger partial charge in [-0.15, -0.1) is 0 Å². The van der Waals surface area contributed by atoms with Crippen LogP contribution in [0.1, 0.15) is 11.1 Å². The van der Waals surface area contributed by atoms with Gasteiger partial charge in [0.15, 0.2) is 0 Å². The molecule has 0 unspecified atom stereocenters. The van der Waals surface area contributed by atoms with Crippen LogP contribution in [0.3, 0.4) is 0 Å². The van der Waals surface area contributed by atoms with Crippen molar-refractivity contribution < 1.29 is 0 Å². The standard InChI is InChI=1S/C16H18Cl2N2/c1-20(11-12-4-2-6-14(17)10-12)16-13(8-9-19)5-3-7-15(16)18/h2-7,10H,8-9,11,19H2,1H3. The van der Waals surface area contributed by atoms with Gasteiger partial charge in [0.05, 0.1) is 10.7 Å². The molecule has 0 amide bonds. The average molecular weight is 309 g/mol. The number of nitrogens with two attached hydrogens (primary N) is 1. The molecule has 0 spiro atoms. The monoisotopic (exact) mass is 308 g/mol. The molecule has 0 bridgehead atoms. The molecular weight excluding hydrogens is 291 g/mol. The van der Waals surface area contributed by atoms with E-state index in [2.05, 4.69) is 17.0 Å². The van der Waals surface area contributed by atoms with Gasteiger partial charge in [-0.05, 0) is 42.3 Å². The predicted octanol–water partition coefficient (Wildman–Crippen LogP) is 4.13. The van der Waals surface area contributed by atoms with E-state index in [0.717, 1.165) is 34.3 Å². The van der Waals surface area contributed by atoms with Crippen LogP contribution < -0.4 is 10.6 Å². The van der Waals surface area contributed by atoms with Gasteiger partial charge in [-0.3, -0.25) is 0 Å². The molecular formula is C16H18Cl2N2. The third-order valence-electron chi connectivity index (χ3n) is 3.17. The Kier molecular flexibility index (Phi) is 5.30. The van der Waals surface area contributed by atoms with Crippen LogP contribution in [0.2, 0.25) is 10.0 Å². The fourth-order valence-corrected chi connectivity index (χ4v) is 2.88. The Bertz CT molecular complexity index is 584. The highest BCUT2D eigenvalue weighted by Gasteiger charge is 2.11. The lowest BCUT2D eigenvalue weighted by Gasteiger charge is -2.24. The smallest absolute Gasteiger partial charge is 0.0642 e. The van der Waals surface area contributed by atoms with Crippen molar-refractivity contribution in [1.29, 1.82) is 0 Å². The highest BCUT2D eigenvalue weighted by Crippen LogP contribution is 2.30. The van der Waals surface area contributed by atoms with Crippen LogP contribution in [0.5, 0.6) is 0 Å². The van der Waals surface area contributed by atoms with Gasteiger partial charge in [-0.2, -0.15) is 0 Å². The Morgan fingerprint density at radius 2 is 1.85 bits per heavy atom. The van der Waals surface area contributed by atoms with Gasteiger partial charge >= 0.3 is 0 Å². The van der Waals surface area contributed by atoms with E-state index in [1.165, 1.54) is 5.56 Å². The number of rotatable bonds is 5. The first-order valence-corrected chi connectivity index (χ1v) is 7.30. The molecule has 0 heterocycles. The lowest BCUT2D eigenvalue weighted by Crippen LogP contribution is -2.19. The molecule has 0 aliphatic carbocycles. The Morgan fingerprint density at radius 1 is 1.10 bits per heavy atom. The number of halogens is 2. The first kappa shape index (κ1) is 15.2. The van der Waals surface area contributed by atoms with Crippen LogP contribution in [0.15, 0.2) is 42.5 Å². The van der Waals surface area contributed by atoms with Gasteiger partial charge in [0, 0.05) is 18.6 Å². The second-order valence-electron chi connectivity index (χ2n) is 4.77. The lowest BCUT2D eigenvalue weighted by molar-refractivity contribution is 0.893. The zero-order valence-electron chi connectivity index (χ0n) is 11.4. The van der Waals surface area contributed by atoms with E-state index >= 15 is 0 Å². The van der Waals surface area contributed by atoms with Crippen molar-refractivity contribution in [2.75, 3.05) is 18.5 Å². The van der Waals surface area contributed by atoms with Crippen molar-refractivity contribution in [1.82, 2.24) is 0 Å². The van der Waals surface area contributed by atoms with Gasteiger partial charge in [-0.25, -0.2) is 0 Å². The molecule has 0 aromatic heterocycles. The topological polar surface area (TPSA) is 29.3 Å². The maximum Gasteiger partial charge on any atom is 0.0642 e. The first-order valence-electron chi connectivity index (χ1n) is 6.55. The second-order valence-corrected chi connectivity index (χ2v) is 5.62. The van der Waals surface area contributed by atoms with Crippen LogP contribution in [0.25, 0.3) is 0 Å². The van der Waals surface area contributed by atoms with Gasteiger partial charge in [0.1, 0.15) is 0 Å². The zero-order valence-corrected chi connectivity index (χ0v) is 13.0. The molecule has 0 aliphatic rings. The fraction of sp³-hybridized carbons (Fsp3) is 0.250. The summed E-state index contributed by atoms with van der Waals surface area (Å²) in [6.45, 7) is 1.36. The van der Waals surface area contributed by atoms with E-state index in [4.69, 9.17) is 28.9 Å². The van der Waals surface area contributed by atoms with Crippen molar-refractivity contribution in [3.63, 3.8) is 0 Å². The van der Waals surface area contributed by atoms with Crippen molar-refractivity contribution in [3.05, 3.63) is 63.6 Å². The molecule has 4 heteroatoms. The summed E-state index contributed by atoms with van der Waals surface area (Å²) >= 11 is 12.4. The molecule has 0 saturated carbocycles. The highest BCUT2D eigenvalue weighted by molar-refractivity contribution is 6.33. The van der Waals surface area contributed by atoms with Gasteiger partial charge in [-0.1, -0.05) is 47.5 Å². The predicted molar refractivity (Wildman–Crippen MR) is 87.8 cm³/mol. The Hall–Kier alpha value is -1.22. The quantitative estimate of drug-likeness (QED) is 0.900. The van der Waals surface area contributed by atoms with Crippen LogP contribution in [-0.4, -0.2) is 13.6 Å². The molecule has 0 atom stereocenters. The van der Waals surface area contributed by atoms with E-state index in [9.17, 15) is 0 Å². The molecule has 2 N–H and O–H groups in total. The minimum absolute atomic E-state index is 0.609. The van der Waals surface area contributed by atoms with Gasteiger partial charge < -0.3 is 10.6 Å². The van der Waals surface area contributed by atoms with Crippen LogP contribution >= 0.6 is 23.2 Å². The molecule has 0 radical (unpaired) electrons.